The minimum atomic E-state index is -0.768. The number of anilines is 1. The smallest absolute Gasteiger partial charge is 0.374 e. The van der Waals surface area contributed by atoms with Gasteiger partial charge in [0.25, 0.3) is 0 Å². The highest BCUT2D eigenvalue weighted by molar-refractivity contribution is 5.86. The molecule has 140 valence electrons. The Balaban J connectivity index is 2.00. The highest BCUT2D eigenvalue weighted by Crippen LogP contribution is 2.45. The summed E-state index contributed by atoms with van der Waals surface area (Å²) in [4.78, 5) is 12.5. The molecule has 0 bridgehead atoms. The predicted molar refractivity (Wildman–Crippen MR) is 97.6 cm³/mol. The van der Waals surface area contributed by atoms with E-state index in [1.165, 1.54) is 6.26 Å². The van der Waals surface area contributed by atoms with Gasteiger partial charge in [-0.25, -0.2) is 4.79 Å². The zero-order valence-corrected chi connectivity index (χ0v) is 15.7. The van der Waals surface area contributed by atoms with Crippen LogP contribution in [0.2, 0.25) is 0 Å². The van der Waals surface area contributed by atoms with Gasteiger partial charge >= 0.3 is 5.97 Å². The minimum Gasteiger partial charge on any atom is -0.483 e. The molecule has 1 aliphatic rings. The molecule has 3 rings (SSSR count). The molecule has 0 saturated heterocycles. The Bertz CT molecular complexity index is 767. The van der Waals surface area contributed by atoms with Gasteiger partial charge in [0.05, 0.1) is 12.4 Å². The summed E-state index contributed by atoms with van der Waals surface area (Å²) in [7, 11) is 1.85. The third-order valence-corrected chi connectivity index (χ3v) is 4.31. The molecule has 6 heteroatoms. The van der Waals surface area contributed by atoms with Gasteiger partial charge in [-0.15, -0.1) is 0 Å². The molecule has 0 amide bonds. The van der Waals surface area contributed by atoms with Crippen LogP contribution >= 0.6 is 0 Å². The summed E-state index contributed by atoms with van der Waals surface area (Å²) in [6.07, 6.45) is 0.295. The molecule has 6 nitrogen and oxygen atoms in total. The number of hydrogen-bond donors (Lipinski definition) is 1. The van der Waals surface area contributed by atoms with Crippen molar-refractivity contribution in [3.8, 4) is 5.75 Å². The molecular weight excluding hydrogens is 334 g/mol. The summed E-state index contributed by atoms with van der Waals surface area (Å²) in [5.41, 5.74) is 1.01. The fourth-order valence-corrected chi connectivity index (χ4v) is 3.10. The van der Waals surface area contributed by atoms with Gasteiger partial charge in [0, 0.05) is 18.3 Å². The number of furan rings is 1. The van der Waals surface area contributed by atoms with Gasteiger partial charge in [0.15, 0.2) is 6.10 Å². The third-order valence-electron chi connectivity index (χ3n) is 4.31. The number of carbonyl (C=O) groups excluding carboxylic acids is 1. The lowest BCUT2D eigenvalue weighted by Gasteiger charge is -2.44. The van der Waals surface area contributed by atoms with Crippen molar-refractivity contribution >= 4 is 11.7 Å². The fourth-order valence-electron chi connectivity index (χ4n) is 3.10. The number of hydrogen-bond acceptors (Lipinski definition) is 6. The van der Waals surface area contributed by atoms with E-state index in [0.29, 0.717) is 0 Å². The zero-order valence-electron chi connectivity index (χ0n) is 15.7. The maximum atomic E-state index is 12.5. The quantitative estimate of drug-likeness (QED) is 0.808. The first kappa shape index (κ1) is 18.3. The van der Waals surface area contributed by atoms with Crippen LogP contribution in [-0.2, 0) is 9.47 Å². The van der Waals surface area contributed by atoms with Crippen LogP contribution in [0.1, 0.15) is 49.9 Å². The summed E-state index contributed by atoms with van der Waals surface area (Å²) in [6, 6.07) is 9.03. The van der Waals surface area contributed by atoms with Crippen LogP contribution in [0.25, 0.3) is 0 Å². The van der Waals surface area contributed by atoms with Crippen LogP contribution in [0.4, 0.5) is 5.69 Å². The van der Waals surface area contributed by atoms with Gasteiger partial charge in [0.2, 0.25) is 5.76 Å². The molecule has 0 radical (unpaired) electrons. The van der Waals surface area contributed by atoms with Gasteiger partial charge in [-0.1, -0.05) is 0 Å². The van der Waals surface area contributed by atoms with Crippen LogP contribution in [0, 0.1) is 0 Å². The molecule has 2 atom stereocenters. The Kier molecular flexibility index (Phi) is 4.96. The van der Waals surface area contributed by atoms with Gasteiger partial charge < -0.3 is 23.9 Å². The number of nitrogens with one attached hydrogen (secondary N) is 1. The first-order chi connectivity index (χ1) is 12.3. The van der Waals surface area contributed by atoms with E-state index in [2.05, 4.69) is 5.32 Å². The van der Waals surface area contributed by atoms with Crippen molar-refractivity contribution in [2.45, 2.75) is 51.6 Å². The van der Waals surface area contributed by atoms with Gasteiger partial charge in [0.1, 0.15) is 17.5 Å². The van der Waals surface area contributed by atoms with Crippen molar-refractivity contribution in [3.63, 3.8) is 0 Å². The van der Waals surface area contributed by atoms with Crippen LogP contribution in [0.5, 0.6) is 5.75 Å². The second-order valence-electron chi connectivity index (χ2n) is 7.12. The van der Waals surface area contributed by atoms with E-state index in [1.807, 2.05) is 52.9 Å². The Morgan fingerprint density at radius 3 is 2.65 bits per heavy atom. The number of carbonyl (C=O) groups is 1. The summed E-state index contributed by atoms with van der Waals surface area (Å²) in [5.74, 6) is 0.339. The van der Waals surface area contributed by atoms with E-state index >= 15 is 0 Å². The lowest BCUT2D eigenvalue weighted by atomic mass is 9.87. The van der Waals surface area contributed by atoms with Crippen molar-refractivity contribution in [1.82, 2.24) is 0 Å². The largest absolute Gasteiger partial charge is 0.483 e. The molecule has 26 heavy (non-hydrogen) atoms. The van der Waals surface area contributed by atoms with Crippen molar-refractivity contribution in [1.29, 1.82) is 0 Å². The van der Waals surface area contributed by atoms with Crippen LogP contribution in [0.3, 0.4) is 0 Å². The highest BCUT2D eigenvalue weighted by Gasteiger charge is 2.48. The number of fused-ring (bicyclic) bond motifs is 1. The van der Waals surface area contributed by atoms with Crippen LogP contribution in [0.15, 0.2) is 41.0 Å². The predicted octanol–water partition coefficient (Wildman–Crippen LogP) is 4.18. The minimum absolute atomic E-state index is 0.0511. The maximum Gasteiger partial charge on any atom is 0.374 e. The van der Waals surface area contributed by atoms with E-state index in [4.69, 9.17) is 18.6 Å². The molecule has 1 aliphatic heterocycles. The second-order valence-corrected chi connectivity index (χ2v) is 7.12. The van der Waals surface area contributed by atoms with Crippen molar-refractivity contribution in [2.24, 2.45) is 0 Å². The van der Waals surface area contributed by atoms with E-state index in [-0.39, 0.29) is 11.9 Å². The molecule has 0 fully saturated rings. The number of rotatable bonds is 5. The SMILES string of the molecule is CNc1ccc2c(c1)C(OC(C)C)C(OC(=O)c1ccco1)C(C)(C)O2. The molecule has 1 aromatic heterocycles. The lowest BCUT2D eigenvalue weighted by molar-refractivity contribution is -0.152. The number of benzene rings is 1. The Hall–Kier alpha value is -2.47. The summed E-state index contributed by atoms with van der Waals surface area (Å²) < 4.78 is 23.3. The lowest BCUT2D eigenvalue weighted by Crippen LogP contribution is -2.52. The van der Waals surface area contributed by atoms with Gasteiger partial charge in [-0.3, -0.25) is 0 Å². The van der Waals surface area contributed by atoms with Gasteiger partial charge in [-0.05, 0) is 58.0 Å². The molecule has 1 aromatic carbocycles. The van der Waals surface area contributed by atoms with E-state index in [0.717, 1.165) is 17.0 Å². The fraction of sp³-hybridized carbons (Fsp3) is 0.450. The first-order valence-corrected chi connectivity index (χ1v) is 8.72. The Morgan fingerprint density at radius 2 is 2.04 bits per heavy atom. The Labute approximate surface area is 153 Å². The van der Waals surface area contributed by atoms with E-state index < -0.39 is 23.8 Å². The molecule has 0 saturated carbocycles. The molecule has 0 spiro atoms. The van der Waals surface area contributed by atoms with Crippen molar-refractivity contribution < 1.29 is 23.4 Å². The first-order valence-electron chi connectivity index (χ1n) is 8.72. The monoisotopic (exact) mass is 359 g/mol. The molecule has 0 aliphatic carbocycles. The van der Waals surface area contributed by atoms with Crippen molar-refractivity contribution in [2.75, 3.05) is 12.4 Å². The summed E-state index contributed by atoms with van der Waals surface area (Å²) in [5, 5.41) is 3.12. The second kappa shape index (κ2) is 7.03. The number of esters is 1. The molecule has 2 unspecified atom stereocenters. The molecule has 2 heterocycles. The van der Waals surface area contributed by atoms with Gasteiger partial charge in [-0.2, -0.15) is 0 Å². The van der Waals surface area contributed by atoms with E-state index in [1.54, 1.807) is 12.1 Å². The average molecular weight is 359 g/mol. The van der Waals surface area contributed by atoms with E-state index in [9.17, 15) is 4.79 Å². The summed E-state index contributed by atoms with van der Waals surface area (Å²) in [6.45, 7) is 7.68. The topological polar surface area (TPSA) is 69.9 Å². The van der Waals surface area contributed by atoms with Crippen LogP contribution in [-0.4, -0.2) is 30.8 Å². The number of ether oxygens (including phenoxy) is 3. The zero-order chi connectivity index (χ0) is 18.9. The normalized spacial score (nSPS) is 21.0. The summed E-state index contributed by atoms with van der Waals surface area (Å²) >= 11 is 0. The standard InChI is InChI=1S/C20H25NO5/c1-12(2)24-17-14-11-13(21-5)8-9-15(14)26-20(3,4)18(17)25-19(22)16-7-6-10-23-16/h6-12,17-18,21H,1-5H3. The maximum absolute atomic E-state index is 12.5. The average Bonchev–Trinajstić information content (AvgIpc) is 3.11. The highest BCUT2D eigenvalue weighted by atomic mass is 16.6. The third kappa shape index (κ3) is 3.55. The van der Waals surface area contributed by atoms with Crippen LogP contribution < -0.4 is 10.1 Å². The molecular formula is C20H25NO5. The Morgan fingerprint density at radius 1 is 1.27 bits per heavy atom. The molecule has 1 N–H and O–H groups in total. The van der Waals surface area contributed by atoms with Crippen molar-refractivity contribution in [3.05, 3.63) is 47.9 Å². The molecule has 2 aromatic rings.